The molecule has 7 nitrogen and oxygen atoms in total. The maximum Gasteiger partial charge on any atom is 0.303 e. The van der Waals surface area contributed by atoms with Crippen LogP contribution in [0.15, 0.2) is 69.1 Å². The molecule has 0 aromatic carbocycles. The van der Waals surface area contributed by atoms with Crippen LogP contribution in [0.5, 0.6) is 0 Å². The number of ketones is 1. The second-order valence-electron chi connectivity index (χ2n) is 10.7. The Labute approximate surface area is 235 Å². The van der Waals surface area contributed by atoms with Crippen molar-refractivity contribution in [2.75, 3.05) is 0 Å². The molecular weight excluding hydrogens is 500 g/mol. The van der Waals surface area contributed by atoms with Crippen LogP contribution in [0.25, 0.3) is 18.2 Å². The van der Waals surface area contributed by atoms with Crippen molar-refractivity contribution in [2.45, 2.75) is 60.3 Å². The first-order valence-corrected chi connectivity index (χ1v) is 13.7. The second-order valence-corrected chi connectivity index (χ2v) is 10.7. The van der Waals surface area contributed by atoms with Gasteiger partial charge in [-0.1, -0.05) is 38.7 Å². The molecule has 2 atom stereocenters. The highest BCUT2D eigenvalue weighted by molar-refractivity contribution is 6.24. The highest BCUT2D eigenvalue weighted by Crippen LogP contribution is 2.40. The van der Waals surface area contributed by atoms with Crippen molar-refractivity contribution in [1.29, 1.82) is 5.41 Å². The Morgan fingerprint density at radius 1 is 1.23 bits per heavy atom. The number of aromatic nitrogens is 1. The van der Waals surface area contributed by atoms with E-state index >= 15 is 0 Å². The minimum atomic E-state index is -0.911. The molecule has 0 radical (unpaired) electrons. The van der Waals surface area contributed by atoms with Gasteiger partial charge in [0, 0.05) is 58.3 Å². The number of hydrogen-bond acceptors (Lipinski definition) is 5. The van der Waals surface area contributed by atoms with Crippen molar-refractivity contribution in [1.82, 2.24) is 4.98 Å². The Kier molecular flexibility index (Phi) is 8.24. The number of aliphatic carboxylic acids is 1. The smallest absolute Gasteiger partial charge is 0.303 e. The van der Waals surface area contributed by atoms with Crippen molar-refractivity contribution in [3.8, 4) is 0 Å². The number of rotatable bonds is 5. The Morgan fingerprint density at radius 3 is 2.60 bits per heavy atom. The average Bonchev–Trinajstić information content (AvgIpc) is 3.52. The van der Waals surface area contributed by atoms with Gasteiger partial charge in [-0.25, -0.2) is 4.99 Å². The van der Waals surface area contributed by atoms with Gasteiger partial charge in [-0.2, -0.15) is 0 Å². The zero-order valence-corrected chi connectivity index (χ0v) is 23.9. The summed E-state index contributed by atoms with van der Waals surface area (Å²) >= 11 is 0. The van der Waals surface area contributed by atoms with Gasteiger partial charge in [0.15, 0.2) is 5.78 Å². The third-order valence-corrected chi connectivity index (χ3v) is 8.31. The fourth-order valence-corrected chi connectivity index (χ4v) is 5.73. The quantitative estimate of drug-likeness (QED) is 0.332. The minimum absolute atomic E-state index is 0.0462. The van der Waals surface area contributed by atoms with Crippen LogP contribution in [0.2, 0.25) is 0 Å². The molecule has 1 aromatic rings. The normalized spacial score (nSPS) is 21.6. The van der Waals surface area contributed by atoms with Gasteiger partial charge in [0.05, 0.1) is 11.4 Å². The van der Waals surface area contributed by atoms with E-state index in [9.17, 15) is 20.1 Å². The van der Waals surface area contributed by atoms with Crippen LogP contribution in [0.1, 0.15) is 75.9 Å². The highest BCUT2D eigenvalue weighted by Gasteiger charge is 2.38. The summed E-state index contributed by atoms with van der Waals surface area (Å²) in [5, 5.41) is 18.6. The summed E-state index contributed by atoms with van der Waals surface area (Å²) < 4.78 is 0. The number of carbonyl (C=O) groups excluding carboxylic acids is 1. The van der Waals surface area contributed by atoms with Crippen LogP contribution < -0.4 is 5.73 Å². The molecular formula is C33H38N4O3. The molecule has 7 heteroatoms. The zero-order valence-electron chi connectivity index (χ0n) is 23.9. The van der Waals surface area contributed by atoms with Gasteiger partial charge in [0.2, 0.25) is 0 Å². The summed E-state index contributed by atoms with van der Waals surface area (Å²) in [6.07, 6.45) is 12.7. The minimum Gasteiger partial charge on any atom is -0.481 e. The first kappa shape index (κ1) is 28.7. The average molecular weight is 539 g/mol. The second kappa shape index (κ2) is 11.5. The van der Waals surface area contributed by atoms with Crippen LogP contribution in [0, 0.1) is 24.2 Å². The van der Waals surface area contributed by atoms with Gasteiger partial charge in [-0.3, -0.25) is 9.59 Å². The van der Waals surface area contributed by atoms with E-state index in [0.29, 0.717) is 28.3 Å². The molecule has 0 saturated carbocycles. The van der Waals surface area contributed by atoms with Crippen LogP contribution in [-0.4, -0.2) is 33.3 Å². The summed E-state index contributed by atoms with van der Waals surface area (Å²) in [5.41, 5.74) is 16.5. The van der Waals surface area contributed by atoms with Crippen LogP contribution in [0.4, 0.5) is 0 Å². The SMILES string of the molecule is C=Cc1c2[nH]c(c1C)C=CC(C)C(CCC(=O)O)C(=N)C1=C3N=C(C=CC(CC)=C(C)C(N)=C2)C(C)=C3C(=O)C1. The lowest BCUT2D eigenvalue weighted by Crippen LogP contribution is -2.23. The lowest BCUT2D eigenvalue weighted by atomic mass is 9.81. The van der Waals surface area contributed by atoms with Crippen molar-refractivity contribution in [2.24, 2.45) is 22.6 Å². The summed E-state index contributed by atoms with van der Waals surface area (Å²) in [4.78, 5) is 32.9. The van der Waals surface area contributed by atoms with Gasteiger partial charge in [-0.05, 0) is 80.0 Å². The molecule has 40 heavy (non-hydrogen) atoms. The molecule has 3 aliphatic rings. The summed E-state index contributed by atoms with van der Waals surface area (Å²) in [5.74, 6) is -1.51. The molecule has 1 aromatic heterocycles. The molecule has 4 bridgehead atoms. The molecule has 2 aliphatic heterocycles. The van der Waals surface area contributed by atoms with Gasteiger partial charge < -0.3 is 21.2 Å². The number of Topliss-reactive ketones (excluding diaryl/α,β-unsaturated/α-hetero) is 1. The van der Waals surface area contributed by atoms with E-state index in [-0.39, 0.29) is 36.7 Å². The van der Waals surface area contributed by atoms with Gasteiger partial charge in [0.1, 0.15) is 0 Å². The monoisotopic (exact) mass is 538 g/mol. The molecule has 0 spiro atoms. The van der Waals surface area contributed by atoms with E-state index in [1.54, 1.807) is 0 Å². The Hall–Kier alpha value is -4.26. The molecule has 0 amide bonds. The van der Waals surface area contributed by atoms with E-state index in [1.165, 1.54) is 0 Å². The molecule has 2 unspecified atom stereocenters. The van der Waals surface area contributed by atoms with Gasteiger partial charge >= 0.3 is 5.97 Å². The van der Waals surface area contributed by atoms with Crippen molar-refractivity contribution in [3.05, 3.63) is 86.6 Å². The number of H-pyrrole nitrogens is 1. The number of aliphatic imine (C=N–C) groups is 1. The summed E-state index contributed by atoms with van der Waals surface area (Å²) in [6, 6.07) is 0. The third-order valence-electron chi connectivity index (χ3n) is 8.31. The molecule has 208 valence electrons. The number of nitrogens with two attached hydrogens (primary N) is 1. The van der Waals surface area contributed by atoms with E-state index in [1.807, 2.05) is 64.2 Å². The number of aromatic amines is 1. The number of allylic oxidation sites excluding steroid dienone is 8. The Balaban J connectivity index is 1.94. The number of carboxylic acids is 1. The highest BCUT2D eigenvalue weighted by atomic mass is 16.4. The molecule has 1 aliphatic carbocycles. The zero-order chi connectivity index (χ0) is 29.3. The topological polar surface area (TPSA) is 132 Å². The fraction of sp³-hybridized carbons (Fsp3) is 0.333. The van der Waals surface area contributed by atoms with E-state index in [2.05, 4.69) is 18.5 Å². The largest absolute Gasteiger partial charge is 0.481 e. The van der Waals surface area contributed by atoms with Crippen LogP contribution in [-0.2, 0) is 9.59 Å². The molecule has 3 heterocycles. The number of carbonyl (C=O) groups is 2. The van der Waals surface area contributed by atoms with Gasteiger partial charge in [-0.15, -0.1) is 0 Å². The van der Waals surface area contributed by atoms with E-state index in [4.69, 9.17) is 10.7 Å². The predicted octanol–water partition coefficient (Wildman–Crippen LogP) is 6.71. The van der Waals surface area contributed by atoms with Crippen LogP contribution in [0.3, 0.4) is 0 Å². The van der Waals surface area contributed by atoms with Crippen molar-refractivity contribution < 1.29 is 14.7 Å². The molecule has 0 saturated heterocycles. The summed E-state index contributed by atoms with van der Waals surface area (Å²) in [6.45, 7) is 14.0. The fourth-order valence-electron chi connectivity index (χ4n) is 5.73. The van der Waals surface area contributed by atoms with Crippen molar-refractivity contribution >= 4 is 41.4 Å². The molecule has 0 fully saturated rings. The Bertz CT molecular complexity index is 1530. The first-order chi connectivity index (χ1) is 19.0. The lowest BCUT2D eigenvalue weighted by Gasteiger charge is -2.23. The summed E-state index contributed by atoms with van der Waals surface area (Å²) in [7, 11) is 0. The van der Waals surface area contributed by atoms with E-state index in [0.717, 1.165) is 45.7 Å². The maximum absolute atomic E-state index is 13.1. The first-order valence-electron chi connectivity index (χ1n) is 13.7. The number of nitrogens with one attached hydrogen (secondary N) is 2. The van der Waals surface area contributed by atoms with Crippen molar-refractivity contribution in [3.63, 3.8) is 0 Å². The molecule has 5 N–H and O–H groups in total. The number of nitrogens with zero attached hydrogens (tertiary/aromatic N) is 1. The predicted molar refractivity (Wildman–Crippen MR) is 163 cm³/mol. The standard InChI is InChI=1S/C33H38N4O3/c1-7-21-10-13-27-20(6)31-29(38)15-24(33(31)37-27)32(35)23(11-14-30(39)40)17(3)9-12-26-19(5)22(8-2)28(36-26)16-25(34)18(21)4/h8-10,12-13,16-17,23,35-36H,2,7,11,14-15,34H2,1,3-6H3,(H,39,40). The van der Waals surface area contributed by atoms with Gasteiger partial charge in [0.25, 0.3) is 0 Å². The number of carboxylic acid groups (broad SMARTS) is 1. The lowest BCUT2D eigenvalue weighted by molar-refractivity contribution is -0.137. The molecule has 4 rings (SSSR count). The van der Waals surface area contributed by atoms with Crippen LogP contribution >= 0.6 is 0 Å². The number of hydrogen-bond donors (Lipinski definition) is 4. The number of fused-ring (bicyclic) bond motifs is 2. The third kappa shape index (κ3) is 5.28. The maximum atomic E-state index is 13.1. The Morgan fingerprint density at radius 2 is 1.95 bits per heavy atom. The van der Waals surface area contributed by atoms with E-state index < -0.39 is 11.9 Å².